The molecule has 0 saturated heterocycles. The van der Waals surface area contributed by atoms with E-state index >= 15 is 0 Å². The van der Waals surface area contributed by atoms with Gasteiger partial charge in [0.25, 0.3) is 5.56 Å². The molecule has 0 bridgehead atoms. The zero-order valence-electron chi connectivity index (χ0n) is 8.84. The van der Waals surface area contributed by atoms with Gasteiger partial charge in [0.2, 0.25) is 0 Å². The fourth-order valence-electron chi connectivity index (χ4n) is 2.04. The lowest BCUT2D eigenvalue weighted by Gasteiger charge is -2.07. The quantitative estimate of drug-likeness (QED) is 0.532. The Balaban J connectivity index is 2.74. The molecule has 16 heavy (non-hydrogen) atoms. The summed E-state index contributed by atoms with van der Waals surface area (Å²) in [5.41, 5.74) is 1.77. The zero-order chi connectivity index (χ0) is 11.1. The summed E-state index contributed by atoms with van der Waals surface area (Å²) in [6.07, 6.45) is 1.75. The van der Waals surface area contributed by atoms with Gasteiger partial charge in [-0.2, -0.15) is 0 Å². The number of aryl methyl sites for hydroxylation is 1. The molecule has 3 heteroatoms. The number of hydrogen-bond donors (Lipinski definition) is 0. The van der Waals surface area contributed by atoms with E-state index in [1.165, 1.54) is 0 Å². The highest BCUT2D eigenvalue weighted by atomic mass is 16.1. The minimum absolute atomic E-state index is 0.0242. The van der Waals surface area contributed by atoms with Gasteiger partial charge in [0, 0.05) is 24.0 Å². The zero-order valence-corrected chi connectivity index (χ0v) is 8.84. The van der Waals surface area contributed by atoms with E-state index in [0.717, 1.165) is 21.8 Å². The maximum atomic E-state index is 12.1. The van der Waals surface area contributed by atoms with Crippen LogP contribution in [0.3, 0.4) is 0 Å². The average molecular weight is 210 g/mol. The lowest BCUT2D eigenvalue weighted by molar-refractivity contribution is 0.916. The van der Waals surface area contributed by atoms with Crippen molar-refractivity contribution in [3.63, 3.8) is 0 Å². The minimum Gasteiger partial charge on any atom is -0.309 e. The van der Waals surface area contributed by atoms with Gasteiger partial charge in [0.15, 0.2) is 0 Å². The first-order valence-corrected chi connectivity index (χ1v) is 5.11. The van der Waals surface area contributed by atoms with Crippen LogP contribution >= 0.6 is 0 Å². The molecule has 0 N–H and O–H groups in total. The Labute approximate surface area is 92.0 Å². The molecule has 0 aliphatic heterocycles. The third-order valence-electron chi connectivity index (χ3n) is 2.86. The van der Waals surface area contributed by atoms with Gasteiger partial charge >= 0.3 is 0 Å². The standard InChI is InChI=1S/C13H10N2O/c1-15-11-7-4-8-14-12(11)9-5-2-3-6-10(9)13(15)16/h2-8H,1H3. The topological polar surface area (TPSA) is 34.9 Å². The average Bonchev–Trinajstić information content (AvgIpc) is 2.36. The maximum absolute atomic E-state index is 12.1. The summed E-state index contributed by atoms with van der Waals surface area (Å²) in [6, 6.07) is 11.3. The van der Waals surface area contributed by atoms with Crippen molar-refractivity contribution in [1.29, 1.82) is 0 Å². The highest BCUT2D eigenvalue weighted by molar-refractivity contribution is 6.02. The first-order chi connectivity index (χ1) is 7.79. The van der Waals surface area contributed by atoms with Gasteiger partial charge in [-0.05, 0) is 18.2 Å². The van der Waals surface area contributed by atoms with Crippen molar-refractivity contribution in [2.45, 2.75) is 0 Å². The minimum atomic E-state index is 0.0242. The van der Waals surface area contributed by atoms with Gasteiger partial charge in [-0.25, -0.2) is 0 Å². The molecule has 3 nitrogen and oxygen atoms in total. The molecule has 0 atom stereocenters. The Kier molecular flexibility index (Phi) is 1.80. The van der Waals surface area contributed by atoms with Gasteiger partial charge in [-0.1, -0.05) is 18.2 Å². The molecule has 0 spiro atoms. The Bertz CT molecular complexity index is 744. The van der Waals surface area contributed by atoms with Crippen LogP contribution in [0.15, 0.2) is 47.4 Å². The predicted molar refractivity (Wildman–Crippen MR) is 64.5 cm³/mol. The van der Waals surface area contributed by atoms with Gasteiger partial charge < -0.3 is 4.57 Å². The molecule has 0 saturated carbocycles. The van der Waals surface area contributed by atoms with Crippen molar-refractivity contribution >= 4 is 21.8 Å². The van der Waals surface area contributed by atoms with Crippen LogP contribution in [0, 0.1) is 0 Å². The molecule has 3 rings (SSSR count). The van der Waals surface area contributed by atoms with E-state index in [9.17, 15) is 4.79 Å². The third kappa shape index (κ3) is 1.08. The third-order valence-corrected chi connectivity index (χ3v) is 2.86. The summed E-state index contributed by atoms with van der Waals surface area (Å²) in [5, 5.41) is 1.64. The van der Waals surface area contributed by atoms with E-state index in [0.29, 0.717) is 0 Å². The van der Waals surface area contributed by atoms with Crippen LogP contribution in [0.25, 0.3) is 21.8 Å². The van der Waals surface area contributed by atoms with Crippen LogP contribution in [0.2, 0.25) is 0 Å². The number of nitrogens with zero attached hydrogens (tertiary/aromatic N) is 2. The smallest absolute Gasteiger partial charge is 0.258 e. The predicted octanol–water partition coefficient (Wildman–Crippen LogP) is 2.09. The lowest BCUT2D eigenvalue weighted by atomic mass is 10.1. The van der Waals surface area contributed by atoms with Crippen LogP contribution in [0.1, 0.15) is 0 Å². The number of benzene rings is 1. The lowest BCUT2D eigenvalue weighted by Crippen LogP contribution is -2.17. The van der Waals surface area contributed by atoms with Gasteiger partial charge in [-0.15, -0.1) is 0 Å². The molecule has 1 aromatic carbocycles. The number of hydrogen-bond acceptors (Lipinski definition) is 2. The summed E-state index contributed by atoms with van der Waals surface area (Å²) >= 11 is 0. The van der Waals surface area contributed by atoms with Gasteiger partial charge in [0.05, 0.1) is 11.0 Å². The summed E-state index contributed by atoms with van der Waals surface area (Å²) in [7, 11) is 1.78. The summed E-state index contributed by atoms with van der Waals surface area (Å²) in [4.78, 5) is 16.4. The SMILES string of the molecule is Cn1c(=O)c2ccccc2c2ncccc21. The molecule has 3 aromatic rings. The monoisotopic (exact) mass is 210 g/mol. The molecule has 2 aromatic heterocycles. The van der Waals surface area contributed by atoms with E-state index in [1.54, 1.807) is 17.8 Å². The fraction of sp³-hybridized carbons (Fsp3) is 0.0769. The van der Waals surface area contributed by atoms with Crippen molar-refractivity contribution < 1.29 is 0 Å². The van der Waals surface area contributed by atoms with Gasteiger partial charge in [0.1, 0.15) is 0 Å². The highest BCUT2D eigenvalue weighted by Gasteiger charge is 2.07. The molecule has 0 radical (unpaired) electrons. The van der Waals surface area contributed by atoms with Gasteiger partial charge in [-0.3, -0.25) is 9.78 Å². The molecule has 78 valence electrons. The van der Waals surface area contributed by atoms with E-state index in [-0.39, 0.29) is 5.56 Å². The fourth-order valence-corrected chi connectivity index (χ4v) is 2.04. The molecule has 0 aliphatic rings. The van der Waals surface area contributed by atoms with Crippen molar-refractivity contribution in [2.75, 3.05) is 0 Å². The largest absolute Gasteiger partial charge is 0.309 e. The van der Waals surface area contributed by atoms with E-state index in [4.69, 9.17) is 0 Å². The van der Waals surface area contributed by atoms with Crippen molar-refractivity contribution in [1.82, 2.24) is 9.55 Å². The summed E-state index contributed by atoms with van der Waals surface area (Å²) < 4.78 is 1.64. The van der Waals surface area contributed by atoms with Crippen LogP contribution in [-0.2, 0) is 7.05 Å². The van der Waals surface area contributed by atoms with Crippen molar-refractivity contribution in [2.24, 2.45) is 7.05 Å². The van der Waals surface area contributed by atoms with E-state index in [2.05, 4.69) is 4.98 Å². The highest BCUT2D eigenvalue weighted by Crippen LogP contribution is 2.19. The number of fused-ring (bicyclic) bond motifs is 3. The molecule has 0 amide bonds. The summed E-state index contributed by atoms with van der Waals surface area (Å²) in [5.74, 6) is 0. The Hall–Kier alpha value is -2.16. The second-order valence-electron chi connectivity index (χ2n) is 3.78. The Morgan fingerprint density at radius 2 is 1.81 bits per heavy atom. The van der Waals surface area contributed by atoms with Crippen molar-refractivity contribution in [3.8, 4) is 0 Å². The normalized spacial score (nSPS) is 11.1. The van der Waals surface area contributed by atoms with E-state index in [1.807, 2.05) is 36.4 Å². The van der Waals surface area contributed by atoms with Crippen molar-refractivity contribution in [3.05, 3.63) is 52.9 Å². The van der Waals surface area contributed by atoms with Crippen LogP contribution in [0.5, 0.6) is 0 Å². The first kappa shape index (κ1) is 9.09. The molecular formula is C13H10N2O. The molecule has 0 unspecified atom stereocenters. The molecule has 2 heterocycles. The second-order valence-corrected chi connectivity index (χ2v) is 3.78. The number of rotatable bonds is 0. The van der Waals surface area contributed by atoms with Crippen LogP contribution in [-0.4, -0.2) is 9.55 Å². The Morgan fingerprint density at radius 3 is 2.62 bits per heavy atom. The molecule has 0 aliphatic carbocycles. The molecular weight excluding hydrogens is 200 g/mol. The Morgan fingerprint density at radius 1 is 1.06 bits per heavy atom. The van der Waals surface area contributed by atoms with Crippen LogP contribution in [0.4, 0.5) is 0 Å². The second kappa shape index (κ2) is 3.17. The summed E-state index contributed by atoms with van der Waals surface area (Å²) in [6.45, 7) is 0. The number of pyridine rings is 2. The first-order valence-electron chi connectivity index (χ1n) is 5.11. The van der Waals surface area contributed by atoms with Crippen LogP contribution < -0.4 is 5.56 Å². The molecule has 0 fully saturated rings. The maximum Gasteiger partial charge on any atom is 0.258 e. The van der Waals surface area contributed by atoms with E-state index < -0.39 is 0 Å². The number of aromatic nitrogens is 2.